The van der Waals surface area contributed by atoms with Crippen LogP contribution in [0.15, 0.2) is 134 Å². The summed E-state index contributed by atoms with van der Waals surface area (Å²) in [5.74, 6) is 3.31. The lowest BCUT2D eigenvalue weighted by Gasteiger charge is -2.32. The summed E-state index contributed by atoms with van der Waals surface area (Å²) in [4.78, 5) is 39.9. The lowest BCUT2D eigenvalue weighted by atomic mass is 9.97. The van der Waals surface area contributed by atoms with E-state index in [0.717, 1.165) is 106 Å². The molecule has 6 heterocycles. The summed E-state index contributed by atoms with van der Waals surface area (Å²) in [6.45, 7) is 16.4. The van der Waals surface area contributed by atoms with Gasteiger partial charge in [0.15, 0.2) is 0 Å². The Hall–Kier alpha value is -7.67. The number of nitrogens with one attached hydrogen (secondary N) is 2. The number of hydrogen-bond donors (Lipinski definition) is 2. The number of carbonyl (C=O) groups excluding carboxylic acids is 2. The molecular weight excluding hydrogens is 904 g/mol. The average Bonchev–Trinajstić information content (AvgIpc) is 4.02. The number of aryl methyl sites for hydroxylation is 3. The number of benzene rings is 4. The zero-order valence-corrected chi connectivity index (χ0v) is 43.2. The van der Waals surface area contributed by atoms with Gasteiger partial charge in [0.25, 0.3) is 0 Å². The van der Waals surface area contributed by atoms with Gasteiger partial charge in [0, 0.05) is 70.1 Å². The molecule has 4 amide bonds. The molecule has 8 aromatic rings. The maximum absolute atomic E-state index is 14.3. The van der Waals surface area contributed by atoms with Crippen LogP contribution in [0, 0.1) is 26.6 Å². The highest BCUT2D eigenvalue weighted by atomic mass is 19.1. The van der Waals surface area contributed by atoms with E-state index in [1.165, 1.54) is 11.6 Å². The Kier molecular flexibility index (Phi) is 17.7. The smallest absolute Gasteiger partial charge is 0.321 e. The van der Waals surface area contributed by atoms with E-state index in [1.807, 2.05) is 132 Å². The largest absolute Gasteiger partial charge is 0.497 e. The zero-order chi connectivity index (χ0) is 51.3. The number of methoxy groups -OCH3 is 2. The highest BCUT2D eigenvalue weighted by Gasteiger charge is 2.31. The van der Waals surface area contributed by atoms with Crippen LogP contribution in [0.1, 0.15) is 96.4 Å². The number of rotatable bonds is 8. The number of nitrogens with zero attached hydrogens (tertiary/aromatic N) is 6. The van der Waals surface area contributed by atoms with Crippen LogP contribution in [0.3, 0.4) is 0 Å². The van der Waals surface area contributed by atoms with Gasteiger partial charge in [0.1, 0.15) is 29.0 Å². The number of piperidine rings is 2. The number of hydrogen-bond acceptors (Lipinski definition) is 6. The number of aromatic nitrogens is 4. The number of fused-ring (bicyclic) bond motifs is 2. The van der Waals surface area contributed by atoms with Crippen LogP contribution >= 0.6 is 0 Å². The van der Waals surface area contributed by atoms with E-state index in [9.17, 15) is 14.0 Å². The number of urea groups is 2. The van der Waals surface area contributed by atoms with Crippen molar-refractivity contribution in [3.05, 3.63) is 168 Å². The van der Waals surface area contributed by atoms with E-state index in [1.54, 1.807) is 31.3 Å². The third-order valence-corrected chi connectivity index (χ3v) is 13.0. The second-order valence-electron chi connectivity index (χ2n) is 17.7. The van der Waals surface area contributed by atoms with E-state index in [2.05, 4.69) is 56.8 Å². The van der Waals surface area contributed by atoms with Crippen molar-refractivity contribution in [2.75, 3.05) is 51.0 Å². The van der Waals surface area contributed by atoms with Crippen molar-refractivity contribution in [1.29, 1.82) is 0 Å². The number of pyridine rings is 2. The van der Waals surface area contributed by atoms with Crippen molar-refractivity contribution < 1.29 is 26.3 Å². The Balaban J connectivity index is 0.000000251. The summed E-state index contributed by atoms with van der Waals surface area (Å²) in [6, 6.07) is 38.7. The Labute approximate surface area is 426 Å². The van der Waals surface area contributed by atoms with Gasteiger partial charge in [-0.3, -0.25) is 0 Å². The van der Waals surface area contributed by atoms with Gasteiger partial charge in [-0.1, -0.05) is 87.9 Å². The first kappa shape index (κ1) is 52.2. The fraction of sp³-hybridized carbons (Fsp3) is 0.322. The molecule has 380 valence electrons. The molecule has 10 rings (SSSR count). The summed E-state index contributed by atoms with van der Waals surface area (Å²) >= 11 is 0. The number of likely N-dealkylation sites (tertiary alicyclic amines) is 2. The molecule has 2 aliphatic rings. The first-order chi connectivity index (χ1) is 35.1. The van der Waals surface area contributed by atoms with Gasteiger partial charge < -0.3 is 38.7 Å². The van der Waals surface area contributed by atoms with Crippen molar-refractivity contribution in [2.45, 2.75) is 86.0 Å². The number of anilines is 2. The first-order valence-electron chi connectivity index (χ1n) is 25.2. The van der Waals surface area contributed by atoms with Gasteiger partial charge in [-0.05, 0) is 124 Å². The summed E-state index contributed by atoms with van der Waals surface area (Å²) in [5, 5.41) is 5.84. The third-order valence-electron chi connectivity index (χ3n) is 13.0. The van der Waals surface area contributed by atoms with Crippen molar-refractivity contribution in [1.82, 2.24) is 28.6 Å². The number of imidazole rings is 2. The number of amides is 4. The number of carbonyl (C=O) groups is 2. The van der Waals surface area contributed by atoms with Crippen LogP contribution in [0.25, 0.3) is 33.5 Å². The van der Waals surface area contributed by atoms with Gasteiger partial charge in [-0.15, -0.1) is 0 Å². The van der Waals surface area contributed by atoms with Crippen molar-refractivity contribution >= 4 is 34.5 Å². The molecule has 2 atom stereocenters. The fourth-order valence-corrected chi connectivity index (χ4v) is 9.47. The molecule has 2 saturated heterocycles. The first-order valence-corrected chi connectivity index (χ1v) is 25.2. The molecule has 12 nitrogen and oxygen atoms in total. The Morgan fingerprint density at radius 2 is 1.04 bits per heavy atom. The molecule has 0 spiro atoms. The molecule has 13 heteroatoms. The van der Waals surface area contributed by atoms with Crippen LogP contribution in [-0.2, 0) is 0 Å². The second kappa shape index (κ2) is 24.4. The molecule has 4 aromatic carbocycles. The SMILES string of the molecule is CC.CC.COc1cccc(-c2nc(C3CCCN(C(=O)Nc4ccc(C)cc4C)C3)n3ccccc23)c1.COc1cccc(-c2nc(C3CCCN(C(=O)Nc4ccc(C)cc4F)C3)n3ccccc23)c1.[HH].[HH]. The summed E-state index contributed by atoms with van der Waals surface area (Å²) < 4.78 is 29.4. The summed E-state index contributed by atoms with van der Waals surface area (Å²) in [6.07, 6.45) is 7.80. The Bertz CT molecular complexity index is 2920. The zero-order valence-electron chi connectivity index (χ0n) is 43.2. The predicted molar refractivity (Wildman–Crippen MR) is 293 cm³/mol. The molecular formula is C59H73FN8O4. The molecule has 2 fully saturated rings. The van der Waals surface area contributed by atoms with Gasteiger partial charge in [0.05, 0.1) is 42.3 Å². The minimum atomic E-state index is -0.427. The normalized spacial score (nSPS) is 15.2. The number of ether oxygens (including phenoxy) is 2. The van der Waals surface area contributed by atoms with Gasteiger partial charge in [0.2, 0.25) is 0 Å². The lowest BCUT2D eigenvalue weighted by molar-refractivity contribution is 0.190. The summed E-state index contributed by atoms with van der Waals surface area (Å²) in [5.41, 5.74) is 10.0. The van der Waals surface area contributed by atoms with Crippen LogP contribution in [-0.4, -0.2) is 81.0 Å². The van der Waals surface area contributed by atoms with Crippen LogP contribution in [0.4, 0.5) is 25.4 Å². The standard InChI is InChI=1S/C28H30N4O2.C27H27FN4O2.2C2H6.2H2/c1-19-12-13-24(20(2)16-19)29-28(33)31-14-7-9-22(18-31)27-30-26(25-11-4-5-15-32(25)27)21-8-6-10-23(17-21)34-3;1-18-11-12-23(22(28)15-18)29-27(33)31-13-6-8-20(17-31)26-30-25(24-10-3-4-14-32(24)26)19-7-5-9-21(16-19)34-2;2*1-2;;/h4-6,8,10-13,15-17,22H,7,9,14,18H2,1-3H3,(H,29,33);3-5,7,9-12,14-16,20H,6,8,13,17H2,1-2H3,(H,29,33);2*1-2H3;2*1H. The van der Waals surface area contributed by atoms with Gasteiger partial charge in [-0.25, -0.2) is 23.9 Å². The van der Waals surface area contributed by atoms with Crippen molar-refractivity contribution in [3.63, 3.8) is 0 Å². The molecule has 0 saturated carbocycles. The molecule has 0 aliphatic carbocycles. The highest BCUT2D eigenvalue weighted by Crippen LogP contribution is 2.36. The lowest BCUT2D eigenvalue weighted by Crippen LogP contribution is -2.42. The topological polar surface area (TPSA) is 118 Å². The highest BCUT2D eigenvalue weighted by molar-refractivity contribution is 5.91. The molecule has 72 heavy (non-hydrogen) atoms. The number of halogens is 1. The second-order valence-corrected chi connectivity index (χ2v) is 17.7. The molecule has 0 bridgehead atoms. The van der Waals surface area contributed by atoms with Gasteiger partial charge in [-0.2, -0.15) is 0 Å². The molecule has 4 aromatic heterocycles. The van der Waals surface area contributed by atoms with E-state index in [4.69, 9.17) is 19.4 Å². The Morgan fingerprint density at radius 1 is 0.583 bits per heavy atom. The third kappa shape index (κ3) is 11.9. The molecule has 0 radical (unpaired) electrons. The monoisotopic (exact) mass is 977 g/mol. The van der Waals surface area contributed by atoms with Crippen LogP contribution < -0.4 is 20.1 Å². The minimum Gasteiger partial charge on any atom is -0.497 e. The van der Waals surface area contributed by atoms with E-state index in [0.29, 0.717) is 19.6 Å². The quantitative estimate of drug-likeness (QED) is 0.157. The van der Waals surface area contributed by atoms with E-state index in [-0.39, 0.29) is 32.4 Å². The predicted octanol–water partition coefficient (Wildman–Crippen LogP) is 14.5. The van der Waals surface area contributed by atoms with E-state index >= 15 is 0 Å². The molecule has 2 aliphatic heterocycles. The van der Waals surface area contributed by atoms with Crippen LogP contribution in [0.2, 0.25) is 0 Å². The van der Waals surface area contributed by atoms with Crippen LogP contribution in [0.5, 0.6) is 11.5 Å². The molecule has 2 N–H and O–H groups in total. The summed E-state index contributed by atoms with van der Waals surface area (Å²) in [7, 11) is 3.33. The van der Waals surface area contributed by atoms with E-state index < -0.39 is 5.82 Å². The molecule has 2 unspecified atom stereocenters. The van der Waals surface area contributed by atoms with Crippen molar-refractivity contribution in [3.8, 4) is 34.0 Å². The Morgan fingerprint density at radius 3 is 1.50 bits per heavy atom. The average molecular weight is 977 g/mol. The minimum absolute atomic E-state index is 0. The van der Waals surface area contributed by atoms with Gasteiger partial charge >= 0.3 is 12.1 Å². The maximum Gasteiger partial charge on any atom is 0.321 e. The fourth-order valence-electron chi connectivity index (χ4n) is 9.47. The maximum atomic E-state index is 14.3. The van der Waals surface area contributed by atoms with Crippen molar-refractivity contribution in [2.24, 2.45) is 0 Å².